The number of hydrogen-bond donors (Lipinski definition) is 4. The molecule has 4 rings (SSSR count). The number of imidazole rings is 1. The van der Waals surface area contributed by atoms with Crippen molar-refractivity contribution in [2.45, 2.75) is 19.6 Å². The Morgan fingerprint density at radius 3 is 2.43 bits per heavy atom. The molecule has 2 amide bonds. The lowest BCUT2D eigenvalue weighted by Gasteiger charge is -2.14. The van der Waals surface area contributed by atoms with E-state index >= 15 is 0 Å². The fourth-order valence-corrected chi connectivity index (χ4v) is 4.00. The minimum atomic E-state index is -4.73. The number of anilines is 2. The van der Waals surface area contributed by atoms with Crippen molar-refractivity contribution < 1.29 is 22.8 Å². The number of alkyl halides is 3. The fourth-order valence-electron chi connectivity index (χ4n) is 3.83. The van der Waals surface area contributed by atoms with E-state index in [0.29, 0.717) is 27.6 Å². The molecule has 5 N–H and O–H groups in total. The van der Waals surface area contributed by atoms with Crippen LogP contribution in [0.4, 0.5) is 24.5 Å². The van der Waals surface area contributed by atoms with E-state index in [9.17, 15) is 22.8 Å². The molecule has 0 fully saturated rings. The van der Waals surface area contributed by atoms with Crippen LogP contribution in [0.5, 0.6) is 0 Å². The van der Waals surface area contributed by atoms with Crippen molar-refractivity contribution in [3.8, 4) is 0 Å². The second kappa shape index (κ2) is 10.1. The SMILES string of the molecule is CNCc1nc2c(C(=O)Nc3cccc(Cl)c3C)cc(NC(=O)c3ccccc3C(F)(F)F)cc2n1N. The Morgan fingerprint density at radius 2 is 1.73 bits per heavy atom. The number of fused-ring (bicyclic) bond motifs is 1. The molecule has 0 saturated heterocycles. The number of benzene rings is 3. The zero-order valence-electron chi connectivity index (χ0n) is 19.7. The van der Waals surface area contributed by atoms with Crippen LogP contribution in [-0.4, -0.2) is 28.5 Å². The van der Waals surface area contributed by atoms with Crippen LogP contribution >= 0.6 is 11.6 Å². The normalized spacial score (nSPS) is 11.5. The standard InChI is InChI=1S/C25H22ClF3N6O2/c1-13-18(26)8-5-9-19(13)33-24(37)16-10-14(11-20-22(16)34-21(12-31-2)35(20)30)32-23(36)15-6-3-4-7-17(15)25(27,28)29/h3-11,31H,12,30H2,1-2H3,(H,32,36)(H,33,37). The maximum absolute atomic E-state index is 13.4. The van der Waals surface area contributed by atoms with Crippen molar-refractivity contribution in [2.75, 3.05) is 23.5 Å². The Balaban J connectivity index is 1.78. The highest BCUT2D eigenvalue weighted by molar-refractivity contribution is 6.31. The molecule has 0 spiro atoms. The average molecular weight is 531 g/mol. The van der Waals surface area contributed by atoms with Gasteiger partial charge in [-0.1, -0.05) is 29.8 Å². The smallest absolute Gasteiger partial charge is 0.337 e. The fraction of sp³-hybridized carbons (Fsp3) is 0.160. The van der Waals surface area contributed by atoms with Gasteiger partial charge in [0.2, 0.25) is 0 Å². The highest BCUT2D eigenvalue weighted by atomic mass is 35.5. The van der Waals surface area contributed by atoms with Crippen molar-refractivity contribution >= 4 is 45.8 Å². The van der Waals surface area contributed by atoms with Crippen LogP contribution in [0.15, 0.2) is 54.6 Å². The van der Waals surface area contributed by atoms with E-state index in [2.05, 4.69) is 20.9 Å². The molecule has 1 aromatic heterocycles. The third-order valence-electron chi connectivity index (χ3n) is 5.70. The Bertz CT molecular complexity index is 1520. The van der Waals surface area contributed by atoms with Crippen LogP contribution in [0.2, 0.25) is 5.02 Å². The molecule has 1 heterocycles. The molecule has 0 radical (unpaired) electrons. The van der Waals surface area contributed by atoms with Gasteiger partial charge >= 0.3 is 6.18 Å². The summed E-state index contributed by atoms with van der Waals surface area (Å²) in [6, 6.07) is 12.2. The zero-order chi connectivity index (χ0) is 26.9. The van der Waals surface area contributed by atoms with Gasteiger partial charge in [0.1, 0.15) is 11.3 Å². The topological polar surface area (TPSA) is 114 Å². The first-order chi connectivity index (χ1) is 17.5. The summed E-state index contributed by atoms with van der Waals surface area (Å²) < 4.78 is 41.6. The van der Waals surface area contributed by atoms with Crippen LogP contribution in [0.3, 0.4) is 0 Å². The number of carbonyl (C=O) groups is 2. The van der Waals surface area contributed by atoms with Gasteiger partial charge in [0, 0.05) is 16.4 Å². The maximum Gasteiger partial charge on any atom is 0.417 e. The quantitative estimate of drug-likeness (QED) is 0.263. The second-order valence-electron chi connectivity index (χ2n) is 8.18. The number of hydrogen-bond acceptors (Lipinski definition) is 5. The van der Waals surface area contributed by atoms with Crippen molar-refractivity contribution in [2.24, 2.45) is 0 Å². The Kier molecular flexibility index (Phi) is 7.10. The molecule has 0 atom stereocenters. The lowest BCUT2D eigenvalue weighted by Crippen LogP contribution is -2.20. The number of nitrogen functional groups attached to an aromatic ring is 1. The van der Waals surface area contributed by atoms with E-state index in [0.717, 1.165) is 12.1 Å². The molecule has 0 saturated carbocycles. The summed E-state index contributed by atoms with van der Waals surface area (Å²) in [7, 11) is 1.69. The maximum atomic E-state index is 13.4. The van der Waals surface area contributed by atoms with Crippen LogP contribution in [0.1, 0.15) is 37.7 Å². The van der Waals surface area contributed by atoms with Gasteiger partial charge in [-0.3, -0.25) is 9.59 Å². The van der Waals surface area contributed by atoms with Crippen molar-refractivity contribution in [1.82, 2.24) is 15.0 Å². The average Bonchev–Trinajstić information content (AvgIpc) is 3.16. The molecule has 0 aliphatic rings. The molecule has 192 valence electrons. The third-order valence-corrected chi connectivity index (χ3v) is 6.11. The van der Waals surface area contributed by atoms with Crippen molar-refractivity contribution in [1.29, 1.82) is 0 Å². The first-order valence-corrected chi connectivity index (χ1v) is 11.4. The number of rotatable bonds is 6. The summed E-state index contributed by atoms with van der Waals surface area (Å²) in [5.41, 5.74) is 0.113. The first kappa shape index (κ1) is 26.0. The van der Waals surface area contributed by atoms with Gasteiger partial charge in [0.05, 0.1) is 28.8 Å². The number of carbonyl (C=O) groups excluding carboxylic acids is 2. The van der Waals surface area contributed by atoms with Crippen LogP contribution < -0.4 is 21.8 Å². The van der Waals surface area contributed by atoms with Crippen LogP contribution in [0, 0.1) is 6.92 Å². The lowest BCUT2D eigenvalue weighted by atomic mass is 10.1. The molecular weight excluding hydrogens is 509 g/mol. The number of aromatic nitrogens is 2. The summed E-state index contributed by atoms with van der Waals surface area (Å²) >= 11 is 6.16. The minimum absolute atomic E-state index is 0.0536. The van der Waals surface area contributed by atoms with E-state index < -0.39 is 29.1 Å². The van der Waals surface area contributed by atoms with Gasteiger partial charge in [0.15, 0.2) is 0 Å². The molecule has 8 nitrogen and oxygen atoms in total. The summed E-state index contributed by atoms with van der Waals surface area (Å²) in [4.78, 5) is 30.7. The summed E-state index contributed by atoms with van der Waals surface area (Å²) in [5.74, 6) is 5.02. The molecule has 3 aromatic carbocycles. The van der Waals surface area contributed by atoms with Gasteiger partial charge in [-0.25, -0.2) is 9.66 Å². The highest BCUT2D eigenvalue weighted by Gasteiger charge is 2.35. The van der Waals surface area contributed by atoms with Crippen LogP contribution in [-0.2, 0) is 12.7 Å². The van der Waals surface area contributed by atoms with Crippen LogP contribution in [0.25, 0.3) is 11.0 Å². The van der Waals surface area contributed by atoms with E-state index in [4.69, 9.17) is 17.4 Å². The van der Waals surface area contributed by atoms with E-state index in [-0.39, 0.29) is 23.3 Å². The lowest BCUT2D eigenvalue weighted by molar-refractivity contribution is -0.137. The molecular formula is C25H22ClF3N6O2. The molecule has 0 aliphatic carbocycles. The van der Waals surface area contributed by atoms with Gasteiger partial charge in [-0.15, -0.1) is 0 Å². The minimum Gasteiger partial charge on any atom is -0.337 e. The van der Waals surface area contributed by atoms with Gasteiger partial charge in [-0.05, 0) is 55.9 Å². The number of halogens is 4. The number of nitrogens with two attached hydrogens (primary N) is 1. The largest absolute Gasteiger partial charge is 0.417 e. The third kappa shape index (κ3) is 5.23. The summed E-state index contributed by atoms with van der Waals surface area (Å²) in [5, 5.41) is 8.60. The molecule has 0 aliphatic heterocycles. The molecule has 0 bridgehead atoms. The first-order valence-electron chi connectivity index (χ1n) is 11.0. The van der Waals surface area contributed by atoms with Gasteiger partial charge in [-0.2, -0.15) is 13.2 Å². The Hall–Kier alpha value is -4.09. The van der Waals surface area contributed by atoms with E-state index in [1.54, 1.807) is 32.2 Å². The molecule has 12 heteroatoms. The van der Waals surface area contributed by atoms with Gasteiger partial charge in [0.25, 0.3) is 11.8 Å². The molecule has 0 unspecified atom stereocenters. The predicted molar refractivity (Wildman–Crippen MR) is 136 cm³/mol. The highest BCUT2D eigenvalue weighted by Crippen LogP contribution is 2.33. The number of amides is 2. The van der Waals surface area contributed by atoms with Crippen molar-refractivity contribution in [3.63, 3.8) is 0 Å². The van der Waals surface area contributed by atoms with E-state index in [1.165, 1.54) is 28.9 Å². The summed E-state index contributed by atoms with van der Waals surface area (Å²) in [6.07, 6.45) is -4.73. The number of nitrogens with zero attached hydrogens (tertiary/aromatic N) is 2. The number of nitrogens with one attached hydrogen (secondary N) is 3. The van der Waals surface area contributed by atoms with E-state index in [1.807, 2.05) is 0 Å². The predicted octanol–water partition coefficient (Wildman–Crippen LogP) is 4.95. The second-order valence-corrected chi connectivity index (χ2v) is 8.59. The monoisotopic (exact) mass is 530 g/mol. The Morgan fingerprint density at radius 1 is 1.03 bits per heavy atom. The molecule has 4 aromatic rings. The zero-order valence-corrected chi connectivity index (χ0v) is 20.5. The van der Waals surface area contributed by atoms with Gasteiger partial charge < -0.3 is 21.8 Å². The van der Waals surface area contributed by atoms with Crippen molar-refractivity contribution in [3.05, 3.63) is 87.7 Å². The Labute approximate surface area is 214 Å². The summed E-state index contributed by atoms with van der Waals surface area (Å²) in [6.45, 7) is 2.02. The molecule has 37 heavy (non-hydrogen) atoms.